The molecule has 2 amide bonds. The van der Waals surface area contributed by atoms with Crippen molar-refractivity contribution in [2.24, 2.45) is 0 Å². The number of hydrogen-bond donors (Lipinski definition) is 0. The van der Waals surface area contributed by atoms with Crippen molar-refractivity contribution in [1.29, 1.82) is 0 Å². The van der Waals surface area contributed by atoms with Crippen LogP contribution in [-0.4, -0.2) is 22.6 Å². The molecule has 0 atom stereocenters. The molecule has 0 aromatic heterocycles. The van der Waals surface area contributed by atoms with Crippen molar-refractivity contribution in [3.8, 4) is 0 Å². The summed E-state index contributed by atoms with van der Waals surface area (Å²) in [4.78, 5) is 35.0. The molecule has 0 unspecified atom stereocenters. The zero-order valence-electron chi connectivity index (χ0n) is 7.61. The summed E-state index contributed by atoms with van der Waals surface area (Å²) in [6.45, 7) is 4.55. The molecule has 1 heterocycles. The molecule has 1 fully saturated rings. The van der Waals surface area contributed by atoms with Gasteiger partial charge in [-0.2, -0.15) is 0 Å². The van der Waals surface area contributed by atoms with E-state index in [1.54, 1.807) is 0 Å². The van der Waals surface area contributed by atoms with Gasteiger partial charge in [0.05, 0.1) is 12.8 Å². The normalized spacial score (nSPS) is 19.6. The number of carbonyl (C=O) groups is 3. The van der Waals surface area contributed by atoms with Gasteiger partial charge in [-0.3, -0.25) is 4.84 Å². The maximum Gasteiger partial charge on any atom is 0.394 e. The molecule has 76 valence electrons. The van der Waals surface area contributed by atoms with Crippen LogP contribution in [0.4, 0.5) is 0 Å². The number of rotatable bonds is 2. The van der Waals surface area contributed by atoms with Crippen LogP contribution in [0.25, 0.3) is 0 Å². The smallest absolute Gasteiger partial charge is 0.394 e. The zero-order chi connectivity index (χ0) is 10.9. The van der Waals surface area contributed by atoms with Crippen molar-refractivity contribution in [3.63, 3.8) is 0 Å². The maximum absolute atomic E-state index is 11.4. The van der Waals surface area contributed by atoms with Crippen molar-refractivity contribution in [3.05, 3.63) is 17.4 Å². The van der Waals surface area contributed by atoms with Gasteiger partial charge in [0.25, 0.3) is 0 Å². The van der Waals surface area contributed by atoms with E-state index < -0.39 is 22.6 Å². The molecule has 0 N–H and O–H groups in total. The highest BCUT2D eigenvalue weighted by molar-refractivity contribution is 5.94. The number of amides is 2. The summed E-state index contributed by atoms with van der Waals surface area (Å²) < 4.78 is 0. The summed E-state index contributed by atoms with van der Waals surface area (Å²) in [6, 6.07) is 0. The quantitative estimate of drug-likeness (QED) is 0.274. The first kappa shape index (κ1) is 10.6. The van der Waals surface area contributed by atoms with Crippen molar-refractivity contribution in [2.75, 3.05) is 0 Å². The van der Waals surface area contributed by atoms with Crippen LogP contribution in [0, 0.1) is 5.21 Å². The topological polar surface area (TPSA) is 83.5 Å². The van der Waals surface area contributed by atoms with E-state index in [2.05, 4.69) is 11.4 Å². The lowest BCUT2D eigenvalue weighted by atomic mass is 10.4. The highest BCUT2D eigenvalue weighted by Crippen LogP contribution is 2.22. The Morgan fingerprint density at radius 1 is 1.43 bits per heavy atom. The second kappa shape index (κ2) is 3.32. The van der Waals surface area contributed by atoms with Crippen LogP contribution in [0.15, 0.2) is 12.2 Å². The summed E-state index contributed by atoms with van der Waals surface area (Å²) >= 11 is 0. The lowest BCUT2D eigenvalue weighted by Crippen LogP contribution is -2.48. The second-order valence-electron chi connectivity index (χ2n) is 3.00. The van der Waals surface area contributed by atoms with E-state index in [4.69, 9.17) is 0 Å². The second-order valence-corrected chi connectivity index (χ2v) is 3.00. The lowest BCUT2D eigenvalue weighted by molar-refractivity contribution is -0.915. The number of quaternary nitrogens is 1. The highest BCUT2D eigenvalue weighted by atomic mass is 17.0. The van der Waals surface area contributed by atoms with Gasteiger partial charge in [-0.05, 0) is 11.7 Å². The van der Waals surface area contributed by atoms with Gasteiger partial charge < -0.3 is 5.21 Å². The van der Waals surface area contributed by atoms with Gasteiger partial charge in [-0.25, -0.2) is 14.4 Å². The molecule has 1 rings (SSSR count). The minimum atomic E-state index is -2.13. The van der Waals surface area contributed by atoms with Gasteiger partial charge in [-0.1, -0.05) is 6.58 Å². The largest absolute Gasteiger partial charge is 0.574 e. The standard InChI is InChI=1S/C8H9NO5/c1-5(2)8(12)14-9(13)6(10)3-4-7(9)11/h1,3-4H2,2H3. The molecule has 0 spiro atoms. The van der Waals surface area contributed by atoms with Crippen LogP contribution >= 0.6 is 0 Å². The Balaban J connectivity index is 2.85. The van der Waals surface area contributed by atoms with Crippen LogP contribution in [0.1, 0.15) is 19.8 Å². The number of nitrogens with zero attached hydrogens (tertiary/aromatic N) is 1. The molecule has 6 heteroatoms. The molecule has 0 bridgehead atoms. The first-order valence-electron chi connectivity index (χ1n) is 3.94. The first-order chi connectivity index (χ1) is 6.38. The highest BCUT2D eigenvalue weighted by Gasteiger charge is 2.47. The molecule has 1 saturated heterocycles. The minimum Gasteiger partial charge on any atom is -0.574 e. The van der Waals surface area contributed by atoms with Crippen molar-refractivity contribution >= 4 is 17.8 Å². The van der Waals surface area contributed by atoms with E-state index in [-0.39, 0.29) is 18.4 Å². The first-order valence-corrected chi connectivity index (χ1v) is 3.94. The van der Waals surface area contributed by atoms with Crippen molar-refractivity contribution in [1.82, 2.24) is 0 Å². The fourth-order valence-corrected chi connectivity index (χ4v) is 0.944. The molecule has 0 saturated carbocycles. The Morgan fingerprint density at radius 2 is 1.86 bits per heavy atom. The van der Waals surface area contributed by atoms with Crippen molar-refractivity contribution < 1.29 is 24.0 Å². The maximum atomic E-state index is 11.4. The van der Waals surface area contributed by atoms with E-state index >= 15 is 0 Å². The Bertz CT molecular complexity index is 317. The van der Waals surface area contributed by atoms with Gasteiger partial charge in [0, 0.05) is 5.57 Å². The Morgan fingerprint density at radius 3 is 2.21 bits per heavy atom. The van der Waals surface area contributed by atoms with Gasteiger partial charge >= 0.3 is 17.8 Å². The average molecular weight is 199 g/mol. The lowest BCUT2D eigenvalue weighted by Gasteiger charge is -2.27. The minimum absolute atomic E-state index is 0.0362. The predicted molar refractivity (Wildman–Crippen MR) is 43.8 cm³/mol. The number of hydroxylamine groups is 4. The number of hydrogen-bond acceptors (Lipinski definition) is 5. The van der Waals surface area contributed by atoms with E-state index in [1.807, 2.05) is 0 Å². The predicted octanol–water partition coefficient (Wildman–Crippen LogP) is 0.182. The molecule has 14 heavy (non-hydrogen) atoms. The van der Waals surface area contributed by atoms with Crippen LogP contribution in [0.3, 0.4) is 0 Å². The molecule has 0 radical (unpaired) electrons. The summed E-state index contributed by atoms with van der Waals surface area (Å²) in [5, 5.41) is 11.4. The third kappa shape index (κ3) is 1.57. The van der Waals surface area contributed by atoms with Gasteiger partial charge in [0.2, 0.25) is 0 Å². The Labute approximate surface area is 79.9 Å². The number of imide groups is 1. The fraction of sp³-hybridized carbons (Fsp3) is 0.375. The summed E-state index contributed by atoms with van der Waals surface area (Å²) in [5.41, 5.74) is -0.0362. The molecular weight excluding hydrogens is 190 g/mol. The monoisotopic (exact) mass is 199 g/mol. The molecule has 0 aromatic rings. The molecule has 0 aliphatic carbocycles. The van der Waals surface area contributed by atoms with E-state index in [9.17, 15) is 19.6 Å². The fourth-order valence-electron chi connectivity index (χ4n) is 0.944. The summed E-state index contributed by atoms with van der Waals surface area (Å²) in [6.07, 6.45) is -0.377. The van der Waals surface area contributed by atoms with E-state index in [1.165, 1.54) is 6.92 Å². The van der Waals surface area contributed by atoms with E-state index in [0.717, 1.165) is 0 Å². The van der Waals surface area contributed by atoms with E-state index in [0.29, 0.717) is 0 Å². The summed E-state index contributed by atoms with van der Waals surface area (Å²) in [5.74, 6) is -2.95. The SMILES string of the molecule is C=C(C)C(=O)O[N+]1([O-])C(=O)CCC1=O. The molecular formula is C8H9NO5. The van der Waals surface area contributed by atoms with Crippen LogP contribution in [0.2, 0.25) is 0 Å². The molecule has 0 aromatic carbocycles. The van der Waals surface area contributed by atoms with Crippen LogP contribution in [-0.2, 0) is 19.2 Å². The van der Waals surface area contributed by atoms with Crippen LogP contribution in [0.5, 0.6) is 0 Å². The zero-order valence-corrected chi connectivity index (χ0v) is 7.61. The van der Waals surface area contributed by atoms with Crippen molar-refractivity contribution in [2.45, 2.75) is 19.8 Å². The number of carbonyl (C=O) groups excluding carboxylic acids is 3. The van der Waals surface area contributed by atoms with Gasteiger partial charge in [0.15, 0.2) is 0 Å². The molecule has 1 aliphatic rings. The Kier molecular flexibility index (Phi) is 2.50. The molecule has 1 aliphatic heterocycles. The Hall–Kier alpha value is -1.53. The van der Waals surface area contributed by atoms with Crippen LogP contribution < -0.4 is 0 Å². The van der Waals surface area contributed by atoms with Gasteiger partial charge in [0.1, 0.15) is 0 Å². The average Bonchev–Trinajstić information content (AvgIpc) is 2.33. The third-order valence-electron chi connectivity index (χ3n) is 1.77. The van der Waals surface area contributed by atoms with Gasteiger partial charge in [-0.15, -0.1) is 0 Å². The summed E-state index contributed by atoms with van der Waals surface area (Å²) in [7, 11) is 0. The molecule has 6 nitrogen and oxygen atoms in total. The third-order valence-corrected chi connectivity index (χ3v) is 1.77.